The van der Waals surface area contributed by atoms with Crippen LogP contribution in [-0.2, 0) is 32.2 Å². The van der Waals surface area contributed by atoms with Gasteiger partial charge in [0, 0.05) is 56.7 Å². The summed E-state index contributed by atoms with van der Waals surface area (Å²) in [6.45, 7) is 3.90. The van der Waals surface area contributed by atoms with Crippen LogP contribution in [0.1, 0.15) is 46.6 Å². The van der Waals surface area contributed by atoms with Gasteiger partial charge in [-0.15, -0.1) is 0 Å². The lowest BCUT2D eigenvalue weighted by Crippen LogP contribution is -2.43. The zero-order valence-electron chi connectivity index (χ0n) is 28.1. The number of nitrogens with one attached hydrogen (secondary N) is 2. The minimum Gasteiger partial charge on any atom is -0.496 e. The van der Waals surface area contributed by atoms with Gasteiger partial charge in [-0.1, -0.05) is 61.5 Å². The smallest absolute Gasteiger partial charge is 0.323 e. The molecule has 0 fully saturated rings. The Morgan fingerprint density at radius 2 is 1.85 bits per heavy atom. The van der Waals surface area contributed by atoms with Crippen LogP contribution in [0.15, 0.2) is 79.0 Å². The average molecular weight is 662 g/mol. The Morgan fingerprint density at radius 3 is 2.50 bits per heavy atom. The molecule has 0 saturated carbocycles. The van der Waals surface area contributed by atoms with Crippen molar-refractivity contribution in [2.75, 3.05) is 40.4 Å². The minimum atomic E-state index is -1.18. The van der Waals surface area contributed by atoms with Gasteiger partial charge in [0.1, 0.15) is 23.4 Å². The Kier molecular flexibility index (Phi) is 12.6. The summed E-state index contributed by atoms with van der Waals surface area (Å²) in [5.74, 6) is -1.07. The average Bonchev–Trinajstić information content (AvgIpc) is 3.08. The molecule has 48 heavy (non-hydrogen) atoms. The summed E-state index contributed by atoms with van der Waals surface area (Å²) in [5.41, 5.74) is 4.50. The van der Waals surface area contributed by atoms with E-state index in [1.807, 2.05) is 50.3 Å². The number of aliphatic hydroxyl groups excluding tert-OH is 1. The van der Waals surface area contributed by atoms with Gasteiger partial charge in [-0.3, -0.25) is 10.1 Å². The van der Waals surface area contributed by atoms with Crippen molar-refractivity contribution >= 4 is 23.2 Å². The number of benzene rings is 2. The van der Waals surface area contributed by atoms with Crippen molar-refractivity contribution in [3.8, 4) is 5.75 Å². The third-order valence-electron chi connectivity index (χ3n) is 8.59. The number of aliphatic hydroxyl groups is 1. The molecule has 4 rings (SSSR count). The lowest BCUT2D eigenvalue weighted by Gasteiger charge is -2.39. The molecule has 4 N–H and O–H groups in total. The predicted molar refractivity (Wildman–Crippen MR) is 183 cm³/mol. The molecule has 1 heterocycles. The van der Waals surface area contributed by atoms with Crippen molar-refractivity contribution in [1.82, 2.24) is 10.3 Å². The molecule has 256 valence electrons. The third kappa shape index (κ3) is 8.18. The molecule has 2 unspecified atom stereocenters. The number of anilines is 1. The summed E-state index contributed by atoms with van der Waals surface area (Å²) in [6.07, 6.45) is 8.48. The third-order valence-corrected chi connectivity index (χ3v) is 8.59. The van der Waals surface area contributed by atoms with E-state index >= 15 is 4.39 Å². The van der Waals surface area contributed by atoms with Gasteiger partial charge in [-0.25, -0.2) is 9.37 Å². The molecular formula is C37H44FN3O7. The van der Waals surface area contributed by atoms with Gasteiger partial charge >= 0.3 is 5.97 Å². The quantitative estimate of drug-likeness (QED) is 0.139. The van der Waals surface area contributed by atoms with Crippen molar-refractivity contribution in [1.29, 1.82) is 0 Å². The van der Waals surface area contributed by atoms with Crippen LogP contribution >= 0.6 is 0 Å². The maximum atomic E-state index is 16.5. The second-order valence-corrected chi connectivity index (χ2v) is 11.6. The fraction of sp³-hybridized carbons (Fsp3) is 0.351. The highest BCUT2D eigenvalue weighted by Crippen LogP contribution is 2.42. The number of allylic oxidation sites excluding steroid dienone is 2. The molecule has 10 nitrogen and oxygen atoms in total. The topological polar surface area (TPSA) is 131 Å². The number of carboxylic acid groups (broad SMARTS) is 1. The first-order chi connectivity index (χ1) is 23.1. The molecule has 0 spiro atoms. The summed E-state index contributed by atoms with van der Waals surface area (Å²) < 4.78 is 38.5. The Labute approximate surface area is 280 Å². The van der Waals surface area contributed by atoms with E-state index < -0.39 is 36.3 Å². The standard InChI is InChI=1S/C37H44FN3O7/c1-23-10-7-8-11-28(23)29-12-9-15-37(24(29)2,41-34-17-27(22-45-3)30(20-40-34)36(47-5)48-6)18-31(38)25-13-14-26(33(16-25)46-4)19-39-32(21-42)35(43)44/h7-18,20,24,32,36,39,42H,19,21-22H2,1-6H3,(H,40,41)(H,43,44)/b31-18-/t24?,32-,37?/m1/s1. The van der Waals surface area contributed by atoms with E-state index in [4.69, 9.17) is 18.9 Å². The fourth-order valence-corrected chi connectivity index (χ4v) is 5.87. The van der Waals surface area contributed by atoms with Crippen molar-refractivity contribution < 1.29 is 38.3 Å². The second-order valence-electron chi connectivity index (χ2n) is 11.6. The first kappa shape index (κ1) is 36.4. The largest absolute Gasteiger partial charge is 0.496 e. The van der Waals surface area contributed by atoms with E-state index in [1.54, 1.807) is 51.8 Å². The molecule has 11 heteroatoms. The summed E-state index contributed by atoms with van der Waals surface area (Å²) in [7, 11) is 6.16. The van der Waals surface area contributed by atoms with E-state index in [2.05, 4.69) is 27.8 Å². The molecule has 0 amide bonds. The van der Waals surface area contributed by atoms with Gasteiger partial charge in [-0.2, -0.15) is 0 Å². The highest BCUT2D eigenvalue weighted by molar-refractivity contribution is 5.77. The Bertz CT molecular complexity index is 1670. The van der Waals surface area contributed by atoms with Gasteiger partial charge in [0.25, 0.3) is 0 Å². The van der Waals surface area contributed by atoms with Crippen LogP contribution in [0.4, 0.5) is 10.2 Å². The number of aryl methyl sites for hydroxylation is 1. The van der Waals surface area contributed by atoms with E-state index in [1.165, 1.54) is 7.11 Å². The molecule has 0 radical (unpaired) electrons. The van der Waals surface area contributed by atoms with E-state index in [9.17, 15) is 15.0 Å². The SMILES string of the molecule is COCc1cc(NC2(/C=C(\F)c3ccc(CN[C@H](CO)C(=O)O)c(OC)c3)C=CC=C(c3ccccc3C)C2C)ncc1C(OC)OC. The van der Waals surface area contributed by atoms with E-state index in [-0.39, 0.29) is 24.6 Å². The summed E-state index contributed by atoms with van der Waals surface area (Å²) in [5, 5.41) is 24.9. The van der Waals surface area contributed by atoms with Gasteiger partial charge in [0.15, 0.2) is 6.29 Å². The second kappa shape index (κ2) is 16.6. The maximum Gasteiger partial charge on any atom is 0.323 e. The zero-order chi connectivity index (χ0) is 34.8. The van der Waals surface area contributed by atoms with Crippen molar-refractivity contribution in [3.63, 3.8) is 0 Å². The number of methoxy groups -OCH3 is 4. The minimum absolute atomic E-state index is 0.0978. The number of halogens is 1. The zero-order valence-corrected chi connectivity index (χ0v) is 28.1. The fourth-order valence-electron chi connectivity index (χ4n) is 5.87. The molecule has 0 saturated heterocycles. The van der Waals surface area contributed by atoms with Crippen molar-refractivity contribution in [2.45, 2.75) is 44.9 Å². The number of carboxylic acids is 1. The van der Waals surface area contributed by atoms with Crippen LogP contribution in [0.25, 0.3) is 11.4 Å². The molecule has 2 aromatic carbocycles. The Morgan fingerprint density at radius 1 is 1.10 bits per heavy atom. The summed E-state index contributed by atoms with van der Waals surface area (Å²) in [6, 6.07) is 13.6. The van der Waals surface area contributed by atoms with Crippen molar-refractivity contribution in [2.24, 2.45) is 5.92 Å². The molecule has 1 aromatic heterocycles. The summed E-state index contributed by atoms with van der Waals surface area (Å²) >= 11 is 0. The lowest BCUT2D eigenvalue weighted by atomic mass is 9.73. The van der Waals surface area contributed by atoms with Crippen LogP contribution in [0, 0.1) is 12.8 Å². The predicted octanol–water partition coefficient (Wildman–Crippen LogP) is 5.82. The van der Waals surface area contributed by atoms with Crippen LogP contribution in [0.2, 0.25) is 0 Å². The molecule has 1 aliphatic rings. The van der Waals surface area contributed by atoms with Gasteiger partial charge in [0.05, 0.1) is 25.9 Å². The number of rotatable bonds is 16. The number of nitrogens with zero attached hydrogens (tertiary/aromatic N) is 1. The van der Waals surface area contributed by atoms with Gasteiger partial charge in [-0.05, 0) is 47.4 Å². The molecule has 0 aliphatic heterocycles. The molecule has 3 atom stereocenters. The lowest BCUT2D eigenvalue weighted by molar-refractivity contribution is -0.140. The number of ether oxygens (including phenoxy) is 4. The molecule has 0 bridgehead atoms. The Balaban J connectivity index is 1.78. The number of carbonyl (C=O) groups is 1. The van der Waals surface area contributed by atoms with Crippen LogP contribution in [0.3, 0.4) is 0 Å². The van der Waals surface area contributed by atoms with Gasteiger partial charge < -0.3 is 34.5 Å². The van der Waals surface area contributed by atoms with Gasteiger partial charge in [0.2, 0.25) is 0 Å². The maximum absolute atomic E-state index is 16.5. The van der Waals surface area contributed by atoms with E-state index in [0.717, 1.165) is 22.3 Å². The van der Waals surface area contributed by atoms with Crippen LogP contribution in [0.5, 0.6) is 5.75 Å². The number of aliphatic carboxylic acids is 1. The summed E-state index contributed by atoms with van der Waals surface area (Å²) in [4.78, 5) is 16.0. The van der Waals surface area contributed by atoms with Crippen molar-refractivity contribution in [3.05, 3.63) is 112 Å². The monoisotopic (exact) mass is 661 g/mol. The number of hydrogen-bond acceptors (Lipinski definition) is 9. The highest BCUT2D eigenvalue weighted by Gasteiger charge is 2.38. The molecular weight excluding hydrogens is 617 g/mol. The highest BCUT2D eigenvalue weighted by atomic mass is 19.1. The first-order valence-corrected chi connectivity index (χ1v) is 15.5. The van der Waals surface area contributed by atoms with Crippen LogP contribution < -0.4 is 15.4 Å². The van der Waals surface area contributed by atoms with E-state index in [0.29, 0.717) is 22.7 Å². The first-order valence-electron chi connectivity index (χ1n) is 15.5. The number of aromatic nitrogens is 1. The molecule has 3 aromatic rings. The van der Waals surface area contributed by atoms with Crippen LogP contribution in [-0.4, -0.2) is 67.8 Å². The Hall–Kier alpha value is -4.39. The normalized spacial score (nSPS) is 18.5. The number of pyridine rings is 1. The number of hydrogen-bond donors (Lipinski definition) is 4. The molecule has 1 aliphatic carbocycles.